The van der Waals surface area contributed by atoms with Crippen molar-refractivity contribution in [2.75, 3.05) is 5.73 Å². The van der Waals surface area contributed by atoms with E-state index < -0.39 is 0 Å². The van der Waals surface area contributed by atoms with Crippen LogP contribution in [0.1, 0.15) is 11.1 Å². The highest BCUT2D eigenvalue weighted by molar-refractivity contribution is 9.10. The highest BCUT2D eigenvalue weighted by Crippen LogP contribution is 2.30. The largest absolute Gasteiger partial charge is 0.486 e. The van der Waals surface area contributed by atoms with Crippen LogP contribution in [0.2, 0.25) is 0 Å². The van der Waals surface area contributed by atoms with Gasteiger partial charge >= 0.3 is 0 Å². The van der Waals surface area contributed by atoms with Crippen LogP contribution in [-0.2, 0) is 6.61 Å². The summed E-state index contributed by atoms with van der Waals surface area (Å²) in [6.07, 6.45) is 3.49. The summed E-state index contributed by atoms with van der Waals surface area (Å²) in [5.41, 5.74) is 8.65. The monoisotopic (exact) mass is 292 g/mol. The lowest BCUT2D eigenvalue weighted by Gasteiger charge is -2.12. The van der Waals surface area contributed by atoms with Crippen molar-refractivity contribution in [1.82, 2.24) is 4.98 Å². The molecule has 3 nitrogen and oxygen atoms in total. The number of pyridine rings is 1. The average molecular weight is 293 g/mol. The fourth-order valence-corrected chi connectivity index (χ4v) is 2.18. The molecule has 0 radical (unpaired) electrons. The van der Waals surface area contributed by atoms with Crippen LogP contribution in [0.5, 0.6) is 5.75 Å². The molecule has 2 N–H and O–H groups in total. The van der Waals surface area contributed by atoms with Gasteiger partial charge in [-0.05, 0) is 42.3 Å². The van der Waals surface area contributed by atoms with Gasteiger partial charge in [-0.15, -0.1) is 0 Å². The van der Waals surface area contributed by atoms with Crippen molar-refractivity contribution in [2.45, 2.75) is 13.5 Å². The second-order valence-electron chi connectivity index (χ2n) is 3.79. The van der Waals surface area contributed by atoms with Crippen LogP contribution in [0.25, 0.3) is 0 Å². The third-order valence-electron chi connectivity index (χ3n) is 2.40. The Labute approximate surface area is 109 Å². The number of nitrogens with two attached hydrogens (primary N) is 1. The zero-order valence-electron chi connectivity index (χ0n) is 9.48. The molecule has 17 heavy (non-hydrogen) atoms. The average Bonchev–Trinajstić information content (AvgIpc) is 2.29. The third kappa shape index (κ3) is 2.97. The van der Waals surface area contributed by atoms with Crippen LogP contribution < -0.4 is 10.5 Å². The number of hydrogen-bond donors (Lipinski definition) is 1. The third-order valence-corrected chi connectivity index (χ3v) is 2.86. The van der Waals surface area contributed by atoms with Crippen molar-refractivity contribution in [2.24, 2.45) is 0 Å². The second kappa shape index (κ2) is 5.19. The van der Waals surface area contributed by atoms with Gasteiger partial charge in [0.2, 0.25) is 0 Å². The number of ether oxygens (including phenoxy) is 1. The minimum absolute atomic E-state index is 0.495. The smallest absolute Gasteiger partial charge is 0.145 e. The van der Waals surface area contributed by atoms with E-state index in [0.29, 0.717) is 12.3 Å². The zero-order chi connectivity index (χ0) is 12.3. The van der Waals surface area contributed by atoms with Gasteiger partial charge < -0.3 is 10.5 Å². The molecule has 2 rings (SSSR count). The van der Waals surface area contributed by atoms with Crippen molar-refractivity contribution in [3.63, 3.8) is 0 Å². The second-order valence-corrected chi connectivity index (χ2v) is 4.70. The summed E-state index contributed by atoms with van der Waals surface area (Å²) in [7, 11) is 0. The molecule has 0 amide bonds. The van der Waals surface area contributed by atoms with Gasteiger partial charge in [0.05, 0.1) is 5.69 Å². The molecule has 0 saturated carbocycles. The molecule has 0 aliphatic heterocycles. The first-order chi connectivity index (χ1) is 8.16. The van der Waals surface area contributed by atoms with Crippen molar-refractivity contribution < 1.29 is 4.74 Å². The zero-order valence-corrected chi connectivity index (χ0v) is 11.1. The van der Waals surface area contributed by atoms with Crippen molar-refractivity contribution in [3.8, 4) is 5.75 Å². The van der Waals surface area contributed by atoms with Crippen LogP contribution in [0.4, 0.5) is 5.69 Å². The van der Waals surface area contributed by atoms with Gasteiger partial charge in [0, 0.05) is 16.9 Å². The highest BCUT2D eigenvalue weighted by atomic mass is 79.9. The summed E-state index contributed by atoms with van der Waals surface area (Å²) >= 11 is 3.40. The molecule has 1 heterocycles. The van der Waals surface area contributed by atoms with E-state index in [-0.39, 0.29) is 0 Å². The molecule has 0 spiro atoms. The molecule has 0 saturated heterocycles. The molecule has 0 fully saturated rings. The van der Waals surface area contributed by atoms with Crippen LogP contribution in [-0.4, -0.2) is 4.98 Å². The summed E-state index contributed by atoms with van der Waals surface area (Å²) in [6, 6.07) is 7.67. The van der Waals surface area contributed by atoms with Gasteiger partial charge in [-0.3, -0.25) is 4.98 Å². The minimum atomic E-state index is 0.495. The number of halogens is 1. The van der Waals surface area contributed by atoms with Gasteiger partial charge in [0.15, 0.2) is 0 Å². The predicted molar refractivity (Wildman–Crippen MR) is 71.9 cm³/mol. The number of aryl methyl sites for hydroxylation is 1. The molecule has 2 aromatic rings. The number of anilines is 1. The Balaban J connectivity index is 2.15. The molecule has 0 aliphatic carbocycles. The van der Waals surface area contributed by atoms with E-state index in [1.165, 1.54) is 0 Å². The first-order valence-corrected chi connectivity index (χ1v) is 6.03. The van der Waals surface area contributed by atoms with Crippen molar-refractivity contribution >= 4 is 21.6 Å². The van der Waals surface area contributed by atoms with E-state index in [9.17, 15) is 0 Å². The fraction of sp³-hybridized carbons (Fsp3) is 0.154. The first kappa shape index (κ1) is 11.9. The van der Waals surface area contributed by atoms with Gasteiger partial charge in [-0.25, -0.2) is 0 Å². The summed E-state index contributed by atoms with van der Waals surface area (Å²) < 4.78 is 6.70. The predicted octanol–water partition coefficient (Wildman–Crippen LogP) is 3.31. The number of aromatic nitrogens is 1. The highest BCUT2D eigenvalue weighted by Gasteiger charge is 2.06. The van der Waals surface area contributed by atoms with Gasteiger partial charge in [0.25, 0.3) is 0 Å². The lowest BCUT2D eigenvalue weighted by Crippen LogP contribution is -2.00. The molecule has 4 heteroatoms. The maximum atomic E-state index is 5.92. The van der Waals surface area contributed by atoms with Crippen LogP contribution >= 0.6 is 15.9 Å². The van der Waals surface area contributed by atoms with Crippen LogP contribution in [0, 0.1) is 6.92 Å². The maximum Gasteiger partial charge on any atom is 0.145 e. The number of hydrogen-bond acceptors (Lipinski definition) is 3. The van der Waals surface area contributed by atoms with Crippen LogP contribution in [0.3, 0.4) is 0 Å². The lowest BCUT2D eigenvalue weighted by atomic mass is 10.2. The molecular weight excluding hydrogens is 280 g/mol. The normalized spacial score (nSPS) is 10.2. The minimum Gasteiger partial charge on any atom is -0.486 e. The fourth-order valence-electron chi connectivity index (χ4n) is 1.59. The van der Waals surface area contributed by atoms with E-state index in [1.807, 2.05) is 31.2 Å². The summed E-state index contributed by atoms with van der Waals surface area (Å²) in [5.74, 6) is 0.741. The molecule has 0 unspecified atom stereocenters. The van der Waals surface area contributed by atoms with Crippen molar-refractivity contribution in [3.05, 3.63) is 52.3 Å². The number of rotatable bonds is 3. The number of nitrogen functional groups attached to an aromatic ring is 1. The Kier molecular flexibility index (Phi) is 3.64. The molecular formula is C13H13BrN2O. The Morgan fingerprint density at radius 3 is 2.65 bits per heavy atom. The summed E-state index contributed by atoms with van der Waals surface area (Å²) in [6.45, 7) is 2.47. The molecule has 0 aliphatic rings. The van der Waals surface area contributed by atoms with Crippen molar-refractivity contribution in [1.29, 1.82) is 0 Å². The summed E-state index contributed by atoms with van der Waals surface area (Å²) in [4.78, 5) is 3.96. The van der Waals surface area contributed by atoms with Gasteiger partial charge in [-0.1, -0.05) is 15.9 Å². The maximum absolute atomic E-state index is 5.92. The van der Waals surface area contributed by atoms with E-state index in [2.05, 4.69) is 20.9 Å². The quantitative estimate of drug-likeness (QED) is 0.883. The van der Waals surface area contributed by atoms with E-state index >= 15 is 0 Å². The molecule has 88 valence electrons. The Hall–Kier alpha value is -1.55. The molecule has 0 bridgehead atoms. The van der Waals surface area contributed by atoms with E-state index in [1.54, 1.807) is 12.4 Å². The Bertz CT molecular complexity index is 491. The number of nitrogens with zero attached hydrogens (tertiary/aromatic N) is 1. The molecule has 1 aromatic heterocycles. The van der Waals surface area contributed by atoms with Gasteiger partial charge in [-0.2, -0.15) is 0 Å². The van der Waals surface area contributed by atoms with E-state index in [4.69, 9.17) is 10.5 Å². The summed E-state index contributed by atoms with van der Waals surface area (Å²) in [5, 5.41) is 0. The first-order valence-electron chi connectivity index (χ1n) is 5.24. The Morgan fingerprint density at radius 2 is 2.00 bits per heavy atom. The lowest BCUT2D eigenvalue weighted by molar-refractivity contribution is 0.305. The van der Waals surface area contributed by atoms with Crippen LogP contribution in [0.15, 0.2) is 41.1 Å². The Morgan fingerprint density at radius 1 is 1.29 bits per heavy atom. The number of benzene rings is 1. The molecule has 1 aromatic carbocycles. The topological polar surface area (TPSA) is 48.1 Å². The van der Waals surface area contributed by atoms with E-state index in [0.717, 1.165) is 21.3 Å². The standard InChI is InChI=1S/C13H13BrN2O/c1-9-6-11(14)7-12(15)13(9)17-8-10-2-4-16-5-3-10/h2-7H,8,15H2,1H3. The molecule has 0 atom stereocenters. The SMILES string of the molecule is Cc1cc(Br)cc(N)c1OCc1ccncc1. The van der Waals surface area contributed by atoms with Gasteiger partial charge in [0.1, 0.15) is 12.4 Å².